The summed E-state index contributed by atoms with van der Waals surface area (Å²) in [6.07, 6.45) is 1.13. The molecule has 1 fully saturated rings. The van der Waals surface area contributed by atoms with Crippen LogP contribution in [0, 0.1) is 11.8 Å². The average molecular weight is 275 g/mol. The van der Waals surface area contributed by atoms with Crippen LogP contribution in [-0.2, 0) is 16.0 Å². The number of rotatable bonds is 4. The summed E-state index contributed by atoms with van der Waals surface area (Å²) >= 11 is 0. The molecule has 0 aromatic heterocycles. The Balaban J connectivity index is 1.58. The molecule has 2 heterocycles. The zero-order chi connectivity index (χ0) is 14.1. The maximum absolute atomic E-state index is 11.0. The van der Waals surface area contributed by atoms with Crippen molar-refractivity contribution in [3.63, 3.8) is 0 Å². The molecule has 2 unspecified atom stereocenters. The first-order chi connectivity index (χ1) is 9.65. The van der Waals surface area contributed by atoms with Crippen LogP contribution in [0.15, 0.2) is 24.3 Å². The number of nitrogens with zero attached hydrogens (tertiary/aromatic N) is 1. The van der Waals surface area contributed by atoms with Crippen LogP contribution in [0.1, 0.15) is 24.2 Å². The highest BCUT2D eigenvalue weighted by atomic mass is 16.5. The van der Waals surface area contributed by atoms with Gasteiger partial charge in [-0.2, -0.15) is 0 Å². The molecule has 1 aromatic carbocycles. The summed E-state index contributed by atoms with van der Waals surface area (Å²) in [7, 11) is 0. The molecule has 0 radical (unpaired) electrons. The molecule has 1 saturated heterocycles. The molecular formula is C16H21NO3. The normalized spacial score (nSPS) is 24.8. The smallest absolute Gasteiger partial charge is 0.306 e. The van der Waals surface area contributed by atoms with E-state index in [4.69, 9.17) is 9.84 Å². The molecule has 20 heavy (non-hydrogen) atoms. The molecule has 2 aliphatic heterocycles. The van der Waals surface area contributed by atoms with Crippen LogP contribution >= 0.6 is 0 Å². The van der Waals surface area contributed by atoms with E-state index in [1.807, 2.05) is 0 Å². The summed E-state index contributed by atoms with van der Waals surface area (Å²) in [5.41, 5.74) is 2.69. The largest absolute Gasteiger partial charge is 0.481 e. The summed E-state index contributed by atoms with van der Waals surface area (Å²) in [5.74, 6) is -0.647. The molecule has 0 aliphatic carbocycles. The van der Waals surface area contributed by atoms with E-state index in [0.717, 1.165) is 32.7 Å². The molecule has 0 bridgehead atoms. The summed E-state index contributed by atoms with van der Waals surface area (Å²) in [6.45, 7) is 5.20. The molecule has 4 nitrogen and oxygen atoms in total. The van der Waals surface area contributed by atoms with Gasteiger partial charge in [-0.3, -0.25) is 9.69 Å². The molecule has 0 spiro atoms. The van der Waals surface area contributed by atoms with Crippen molar-refractivity contribution in [2.24, 2.45) is 11.8 Å². The van der Waals surface area contributed by atoms with Crippen LogP contribution in [0.2, 0.25) is 0 Å². The summed E-state index contributed by atoms with van der Waals surface area (Å²) in [6, 6.07) is 8.47. The standard InChI is InChI=1S/C16H21NO3/c1-11(16(18)19)13-8-17(9-13)10-15-14-5-3-2-4-12(14)6-7-20-15/h2-5,11,13,15H,6-10H2,1H3,(H,18,19). The van der Waals surface area contributed by atoms with Crippen molar-refractivity contribution >= 4 is 5.97 Å². The van der Waals surface area contributed by atoms with Gasteiger partial charge < -0.3 is 9.84 Å². The van der Waals surface area contributed by atoms with E-state index >= 15 is 0 Å². The lowest BCUT2D eigenvalue weighted by molar-refractivity contribution is -0.145. The highest BCUT2D eigenvalue weighted by Crippen LogP contribution is 2.31. The number of hydrogen-bond donors (Lipinski definition) is 1. The van der Waals surface area contributed by atoms with Crippen LogP contribution in [0.25, 0.3) is 0 Å². The van der Waals surface area contributed by atoms with Crippen LogP contribution in [0.5, 0.6) is 0 Å². The van der Waals surface area contributed by atoms with Crippen molar-refractivity contribution in [1.29, 1.82) is 0 Å². The van der Waals surface area contributed by atoms with Gasteiger partial charge in [-0.25, -0.2) is 0 Å². The van der Waals surface area contributed by atoms with Gasteiger partial charge in [0.15, 0.2) is 0 Å². The van der Waals surface area contributed by atoms with Crippen molar-refractivity contribution in [2.75, 3.05) is 26.2 Å². The second kappa shape index (κ2) is 5.54. The van der Waals surface area contributed by atoms with Gasteiger partial charge in [0.1, 0.15) is 0 Å². The second-order valence-corrected chi connectivity index (χ2v) is 5.91. The maximum Gasteiger partial charge on any atom is 0.306 e. The van der Waals surface area contributed by atoms with Crippen molar-refractivity contribution in [1.82, 2.24) is 4.90 Å². The van der Waals surface area contributed by atoms with E-state index in [0.29, 0.717) is 0 Å². The Kier molecular flexibility index (Phi) is 3.76. The molecule has 0 amide bonds. The predicted octanol–water partition coefficient (Wildman–Crippen LogP) is 1.95. The number of likely N-dealkylation sites (tertiary alicyclic amines) is 1. The Morgan fingerprint density at radius 3 is 2.95 bits per heavy atom. The zero-order valence-electron chi connectivity index (χ0n) is 11.8. The molecule has 2 atom stereocenters. The predicted molar refractivity (Wildman–Crippen MR) is 75.6 cm³/mol. The number of carboxylic acid groups (broad SMARTS) is 1. The molecule has 4 heteroatoms. The minimum atomic E-state index is -0.686. The minimum absolute atomic E-state index is 0.140. The Morgan fingerprint density at radius 2 is 2.20 bits per heavy atom. The first-order valence-corrected chi connectivity index (χ1v) is 7.29. The van der Waals surface area contributed by atoms with Crippen molar-refractivity contribution in [3.05, 3.63) is 35.4 Å². The second-order valence-electron chi connectivity index (χ2n) is 5.91. The van der Waals surface area contributed by atoms with Crippen molar-refractivity contribution in [3.8, 4) is 0 Å². The van der Waals surface area contributed by atoms with Gasteiger partial charge in [-0.1, -0.05) is 31.2 Å². The van der Waals surface area contributed by atoms with Gasteiger partial charge in [0, 0.05) is 19.6 Å². The third kappa shape index (κ3) is 2.58. The Hall–Kier alpha value is -1.39. The molecule has 0 saturated carbocycles. The molecule has 108 valence electrons. The Bertz CT molecular complexity index is 496. The van der Waals surface area contributed by atoms with Crippen LogP contribution in [-0.4, -0.2) is 42.2 Å². The first kappa shape index (κ1) is 13.6. The van der Waals surface area contributed by atoms with Crippen LogP contribution in [0.4, 0.5) is 0 Å². The highest BCUT2D eigenvalue weighted by Gasteiger charge is 2.36. The molecule has 1 aromatic rings. The summed E-state index contributed by atoms with van der Waals surface area (Å²) < 4.78 is 5.90. The van der Waals surface area contributed by atoms with Gasteiger partial charge in [0.2, 0.25) is 0 Å². The number of hydrogen-bond acceptors (Lipinski definition) is 3. The van der Waals surface area contributed by atoms with Crippen LogP contribution < -0.4 is 0 Å². The monoisotopic (exact) mass is 275 g/mol. The number of carbonyl (C=O) groups is 1. The third-order valence-corrected chi connectivity index (χ3v) is 4.60. The quantitative estimate of drug-likeness (QED) is 0.912. The van der Waals surface area contributed by atoms with Gasteiger partial charge in [-0.15, -0.1) is 0 Å². The fraction of sp³-hybridized carbons (Fsp3) is 0.562. The Morgan fingerprint density at radius 1 is 1.45 bits per heavy atom. The van der Waals surface area contributed by atoms with E-state index in [1.54, 1.807) is 6.92 Å². The number of carboxylic acids is 1. The van der Waals surface area contributed by atoms with Crippen LogP contribution in [0.3, 0.4) is 0 Å². The number of aliphatic carboxylic acids is 1. The van der Waals surface area contributed by atoms with E-state index in [9.17, 15) is 4.79 Å². The van der Waals surface area contributed by atoms with Gasteiger partial charge in [0.25, 0.3) is 0 Å². The van der Waals surface area contributed by atoms with Gasteiger partial charge in [-0.05, 0) is 23.5 Å². The number of fused-ring (bicyclic) bond motifs is 1. The number of benzene rings is 1. The number of ether oxygens (including phenoxy) is 1. The molecule has 3 rings (SSSR count). The lowest BCUT2D eigenvalue weighted by Gasteiger charge is -2.43. The highest BCUT2D eigenvalue weighted by molar-refractivity contribution is 5.70. The lowest BCUT2D eigenvalue weighted by Crippen LogP contribution is -2.52. The first-order valence-electron chi connectivity index (χ1n) is 7.29. The summed E-state index contributed by atoms with van der Waals surface area (Å²) in [4.78, 5) is 13.3. The maximum atomic E-state index is 11.0. The van der Waals surface area contributed by atoms with Crippen molar-refractivity contribution in [2.45, 2.75) is 19.4 Å². The SMILES string of the molecule is CC(C(=O)O)C1CN(CC2OCCc3ccccc32)C1. The molecule has 2 aliphatic rings. The van der Waals surface area contributed by atoms with E-state index < -0.39 is 5.97 Å². The third-order valence-electron chi connectivity index (χ3n) is 4.60. The Labute approximate surface area is 119 Å². The summed E-state index contributed by atoms with van der Waals surface area (Å²) in [5, 5.41) is 9.01. The topological polar surface area (TPSA) is 49.8 Å². The fourth-order valence-corrected chi connectivity index (χ4v) is 3.14. The van der Waals surface area contributed by atoms with Crippen molar-refractivity contribution < 1.29 is 14.6 Å². The zero-order valence-corrected chi connectivity index (χ0v) is 11.8. The van der Waals surface area contributed by atoms with E-state index in [2.05, 4.69) is 29.2 Å². The molecular weight excluding hydrogens is 254 g/mol. The van der Waals surface area contributed by atoms with E-state index in [1.165, 1.54) is 11.1 Å². The fourth-order valence-electron chi connectivity index (χ4n) is 3.14. The minimum Gasteiger partial charge on any atom is -0.481 e. The van der Waals surface area contributed by atoms with Gasteiger partial charge >= 0.3 is 5.97 Å². The molecule has 1 N–H and O–H groups in total. The van der Waals surface area contributed by atoms with E-state index in [-0.39, 0.29) is 17.9 Å². The van der Waals surface area contributed by atoms with Gasteiger partial charge in [0.05, 0.1) is 18.6 Å². The lowest BCUT2D eigenvalue weighted by atomic mass is 9.86. The average Bonchev–Trinajstić information content (AvgIpc) is 2.41.